The molecule has 0 aliphatic rings. The van der Waals surface area contributed by atoms with Crippen molar-refractivity contribution >= 4 is 11.6 Å². The number of carbonyl (C=O) groups excluding carboxylic acids is 1. The third-order valence-electron chi connectivity index (χ3n) is 2.40. The number of hydrogen-bond acceptors (Lipinski definition) is 2. The van der Waals surface area contributed by atoms with Crippen LogP contribution in [0.3, 0.4) is 0 Å². The molecule has 0 spiro atoms. The Bertz CT molecular complexity index is 361. The van der Waals surface area contributed by atoms with Crippen LogP contribution in [0.5, 0.6) is 0 Å². The monoisotopic (exact) mass is 206 g/mol. The van der Waals surface area contributed by atoms with Crippen molar-refractivity contribution in [3.63, 3.8) is 0 Å². The first-order chi connectivity index (χ1) is 7.06. The third-order valence-corrected chi connectivity index (χ3v) is 2.40. The molecule has 3 heteroatoms. The third kappa shape index (κ3) is 2.72. The van der Waals surface area contributed by atoms with E-state index in [1.807, 2.05) is 26.1 Å². The standard InChI is InChI=1S/C12H18N2O/c1-4-7-14(3)12(15)11-8-10(13)6-5-9(11)2/h5-6,8H,4,7,13H2,1-3H3. The van der Waals surface area contributed by atoms with Crippen molar-refractivity contribution in [1.82, 2.24) is 4.90 Å². The summed E-state index contributed by atoms with van der Waals surface area (Å²) in [4.78, 5) is 13.7. The van der Waals surface area contributed by atoms with E-state index in [0.717, 1.165) is 18.5 Å². The Morgan fingerprint density at radius 1 is 1.47 bits per heavy atom. The average Bonchev–Trinajstić information content (AvgIpc) is 2.21. The Balaban J connectivity index is 2.95. The zero-order valence-corrected chi connectivity index (χ0v) is 9.58. The van der Waals surface area contributed by atoms with Gasteiger partial charge in [-0.05, 0) is 31.0 Å². The molecule has 0 aromatic heterocycles. The van der Waals surface area contributed by atoms with E-state index in [4.69, 9.17) is 5.73 Å². The molecule has 0 aliphatic heterocycles. The summed E-state index contributed by atoms with van der Waals surface area (Å²) >= 11 is 0. The summed E-state index contributed by atoms with van der Waals surface area (Å²) in [6.07, 6.45) is 0.962. The van der Waals surface area contributed by atoms with E-state index in [2.05, 4.69) is 6.92 Å². The van der Waals surface area contributed by atoms with Gasteiger partial charge in [-0.3, -0.25) is 4.79 Å². The molecule has 1 amide bonds. The van der Waals surface area contributed by atoms with Gasteiger partial charge in [-0.1, -0.05) is 13.0 Å². The second-order valence-corrected chi connectivity index (χ2v) is 3.80. The Hall–Kier alpha value is -1.51. The molecule has 0 bridgehead atoms. The topological polar surface area (TPSA) is 46.3 Å². The molecule has 0 atom stereocenters. The summed E-state index contributed by atoms with van der Waals surface area (Å²) < 4.78 is 0. The van der Waals surface area contributed by atoms with E-state index in [1.165, 1.54) is 0 Å². The molecule has 0 aliphatic carbocycles. The van der Waals surface area contributed by atoms with E-state index in [1.54, 1.807) is 11.0 Å². The van der Waals surface area contributed by atoms with Gasteiger partial charge in [0, 0.05) is 24.8 Å². The maximum absolute atomic E-state index is 12.0. The molecule has 3 nitrogen and oxygen atoms in total. The van der Waals surface area contributed by atoms with E-state index in [0.29, 0.717) is 11.3 Å². The van der Waals surface area contributed by atoms with Crippen molar-refractivity contribution in [1.29, 1.82) is 0 Å². The van der Waals surface area contributed by atoms with Crippen LogP contribution in [-0.2, 0) is 0 Å². The maximum Gasteiger partial charge on any atom is 0.253 e. The highest BCUT2D eigenvalue weighted by atomic mass is 16.2. The minimum Gasteiger partial charge on any atom is -0.399 e. The zero-order chi connectivity index (χ0) is 11.4. The maximum atomic E-state index is 12.0. The van der Waals surface area contributed by atoms with Gasteiger partial charge in [-0.2, -0.15) is 0 Å². The van der Waals surface area contributed by atoms with E-state index >= 15 is 0 Å². The summed E-state index contributed by atoms with van der Waals surface area (Å²) in [5.41, 5.74) is 7.97. The molecular formula is C12H18N2O. The number of benzene rings is 1. The van der Waals surface area contributed by atoms with Crippen LogP contribution in [0.1, 0.15) is 29.3 Å². The van der Waals surface area contributed by atoms with Gasteiger partial charge in [-0.15, -0.1) is 0 Å². The van der Waals surface area contributed by atoms with E-state index < -0.39 is 0 Å². The lowest BCUT2D eigenvalue weighted by Crippen LogP contribution is -2.28. The predicted octanol–water partition coefficient (Wildman–Crippen LogP) is 2.06. The predicted molar refractivity (Wildman–Crippen MR) is 62.8 cm³/mol. The van der Waals surface area contributed by atoms with Crippen molar-refractivity contribution in [2.24, 2.45) is 0 Å². The first-order valence-corrected chi connectivity index (χ1v) is 5.17. The Labute approximate surface area is 90.9 Å². The highest BCUT2D eigenvalue weighted by molar-refractivity contribution is 5.96. The minimum atomic E-state index is 0.0432. The van der Waals surface area contributed by atoms with Crippen LogP contribution in [0, 0.1) is 6.92 Å². The molecule has 1 aromatic carbocycles. The second-order valence-electron chi connectivity index (χ2n) is 3.80. The first-order valence-electron chi connectivity index (χ1n) is 5.17. The van der Waals surface area contributed by atoms with Gasteiger partial charge in [0.2, 0.25) is 0 Å². The van der Waals surface area contributed by atoms with Crippen LogP contribution >= 0.6 is 0 Å². The number of hydrogen-bond donors (Lipinski definition) is 1. The molecule has 0 heterocycles. The number of anilines is 1. The van der Waals surface area contributed by atoms with Crippen LogP contribution < -0.4 is 5.73 Å². The molecule has 0 fully saturated rings. The van der Waals surface area contributed by atoms with Gasteiger partial charge in [0.1, 0.15) is 0 Å². The van der Waals surface area contributed by atoms with E-state index in [9.17, 15) is 4.79 Å². The number of amides is 1. The zero-order valence-electron chi connectivity index (χ0n) is 9.58. The highest BCUT2D eigenvalue weighted by Gasteiger charge is 2.13. The quantitative estimate of drug-likeness (QED) is 0.769. The molecule has 1 aromatic rings. The lowest BCUT2D eigenvalue weighted by Gasteiger charge is -2.17. The smallest absolute Gasteiger partial charge is 0.253 e. The van der Waals surface area contributed by atoms with Crippen LogP contribution in [-0.4, -0.2) is 24.4 Å². The molecule has 0 saturated carbocycles. The van der Waals surface area contributed by atoms with Gasteiger partial charge in [0.15, 0.2) is 0 Å². The average molecular weight is 206 g/mol. The van der Waals surface area contributed by atoms with Crippen molar-refractivity contribution in [2.75, 3.05) is 19.3 Å². The van der Waals surface area contributed by atoms with Crippen LogP contribution in [0.15, 0.2) is 18.2 Å². The molecular weight excluding hydrogens is 188 g/mol. The Morgan fingerprint density at radius 3 is 2.73 bits per heavy atom. The second kappa shape index (κ2) is 4.82. The van der Waals surface area contributed by atoms with Gasteiger partial charge >= 0.3 is 0 Å². The number of carbonyl (C=O) groups is 1. The van der Waals surface area contributed by atoms with Crippen molar-refractivity contribution < 1.29 is 4.79 Å². The summed E-state index contributed by atoms with van der Waals surface area (Å²) in [7, 11) is 1.81. The summed E-state index contributed by atoms with van der Waals surface area (Å²) in [6, 6.07) is 5.43. The molecule has 1 rings (SSSR count). The summed E-state index contributed by atoms with van der Waals surface area (Å²) in [5, 5.41) is 0. The Kier molecular flexibility index (Phi) is 3.72. The summed E-state index contributed by atoms with van der Waals surface area (Å²) in [5.74, 6) is 0.0432. The fourth-order valence-electron chi connectivity index (χ4n) is 1.51. The lowest BCUT2D eigenvalue weighted by molar-refractivity contribution is 0.0794. The van der Waals surface area contributed by atoms with Gasteiger partial charge < -0.3 is 10.6 Å². The van der Waals surface area contributed by atoms with Crippen molar-refractivity contribution in [3.8, 4) is 0 Å². The first kappa shape index (κ1) is 11.6. The fourth-order valence-corrected chi connectivity index (χ4v) is 1.51. The van der Waals surface area contributed by atoms with Gasteiger partial charge in [0.25, 0.3) is 5.91 Å². The number of nitrogens with zero attached hydrogens (tertiary/aromatic N) is 1. The molecule has 82 valence electrons. The Morgan fingerprint density at radius 2 is 2.13 bits per heavy atom. The van der Waals surface area contributed by atoms with Gasteiger partial charge in [-0.25, -0.2) is 0 Å². The molecule has 15 heavy (non-hydrogen) atoms. The SMILES string of the molecule is CCCN(C)C(=O)c1cc(N)ccc1C. The summed E-state index contributed by atoms with van der Waals surface area (Å²) in [6.45, 7) is 4.75. The van der Waals surface area contributed by atoms with Crippen LogP contribution in [0.25, 0.3) is 0 Å². The van der Waals surface area contributed by atoms with Gasteiger partial charge in [0.05, 0.1) is 0 Å². The molecule has 0 unspecified atom stereocenters. The number of nitrogens with two attached hydrogens (primary N) is 1. The lowest BCUT2D eigenvalue weighted by atomic mass is 10.1. The number of rotatable bonds is 3. The molecule has 0 radical (unpaired) electrons. The van der Waals surface area contributed by atoms with Crippen molar-refractivity contribution in [3.05, 3.63) is 29.3 Å². The van der Waals surface area contributed by atoms with Crippen LogP contribution in [0.2, 0.25) is 0 Å². The van der Waals surface area contributed by atoms with E-state index in [-0.39, 0.29) is 5.91 Å². The fraction of sp³-hybridized carbons (Fsp3) is 0.417. The minimum absolute atomic E-state index is 0.0432. The largest absolute Gasteiger partial charge is 0.399 e. The normalized spacial score (nSPS) is 10.1. The molecule has 0 saturated heterocycles. The number of nitrogen functional groups attached to an aromatic ring is 1. The number of aryl methyl sites for hydroxylation is 1. The van der Waals surface area contributed by atoms with Crippen molar-refractivity contribution in [2.45, 2.75) is 20.3 Å². The highest BCUT2D eigenvalue weighted by Crippen LogP contribution is 2.14. The van der Waals surface area contributed by atoms with Crippen LogP contribution in [0.4, 0.5) is 5.69 Å². The molecule has 2 N–H and O–H groups in total.